The first-order chi connectivity index (χ1) is 15.3. The molecule has 1 aliphatic heterocycles. The molecule has 1 saturated carbocycles. The number of nitriles is 1. The number of hydrogen-bond acceptors (Lipinski definition) is 6. The number of anilines is 1. The Labute approximate surface area is 187 Å². The molecule has 0 aromatic heterocycles. The summed E-state index contributed by atoms with van der Waals surface area (Å²) in [7, 11) is 0. The number of hydrogen-bond donors (Lipinski definition) is 1. The van der Waals surface area contributed by atoms with Gasteiger partial charge < -0.3 is 15.0 Å². The molecule has 9 nitrogen and oxygen atoms in total. The molecular formula is C23H28N4O5. The topological polar surface area (TPSA) is 120 Å². The van der Waals surface area contributed by atoms with Crippen LogP contribution in [0.1, 0.15) is 46.0 Å². The Kier molecular flexibility index (Phi) is 7.13. The summed E-state index contributed by atoms with van der Waals surface area (Å²) >= 11 is 0. The van der Waals surface area contributed by atoms with Gasteiger partial charge in [-0.15, -0.1) is 0 Å². The highest BCUT2D eigenvalue weighted by molar-refractivity contribution is 6.09. The van der Waals surface area contributed by atoms with Crippen LogP contribution in [0.2, 0.25) is 0 Å². The van der Waals surface area contributed by atoms with Crippen molar-refractivity contribution in [1.82, 2.24) is 10.2 Å². The van der Waals surface area contributed by atoms with Crippen LogP contribution in [0.5, 0.6) is 0 Å². The van der Waals surface area contributed by atoms with Crippen molar-refractivity contribution < 1.29 is 23.9 Å². The molecular weight excluding hydrogens is 412 g/mol. The van der Waals surface area contributed by atoms with Crippen LogP contribution in [0.15, 0.2) is 30.3 Å². The third-order valence-corrected chi connectivity index (χ3v) is 6.23. The van der Waals surface area contributed by atoms with Gasteiger partial charge in [0, 0.05) is 12.2 Å². The van der Waals surface area contributed by atoms with Crippen LogP contribution >= 0.6 is 0 Å². The Bertz CT molecular complexity index is 928. The zero-order valence-corrected chi connectivity index (χ0v) is 18.4. The fourth-order valence-electron chi connectivity index (χ4n) is 4.41. The number of urea groups is 1. The van der Waals surface area contributed by atoms with Crippen LogP contribution in [0.3, 0.4) is 0 Å². The number of benzene rings is 1. The average Bonchev–Trinajstić information content (AvgIpc) is 3.01. The standard InChI is InChI=1S/C23H28N4O5/c1-16-9-6-7-12-23(16)21(30)27(22(31)25-23)15-19(28)32-17(2)20(29)26(14-8-13-24)18-10-4-3-5-11-18/h3-5,10-11,16-17H,6-9,12,14-15H2,1-2H3,(H,25,31)/t16-,17-,23+/m0/s1. The van der Waals surface area contributed by atoms with E-state index in [1.165, 1.54) is 11.8 Å². The Morgan fingerprint density at radius 2 is 2.03 bits per heavy atom. The molecule has 1 aliphatic carbocycles. The second-order valence-electron chi connectivity index (χ2n) is 8.31. The van der Waals surface area contributed by atoms with E-state index in [9.17, 15) is 19.2 Å². The van der Waals surface area contributed by atoms with Crippen molar-refractivity contribution in [2.75, 3.05) is 18.0 Å². The minimum absolute atomic E-state index is 0.0196. The summed E-state index contributed by atoms with van der Waals surface area (Å²) in [6.45, 7) is 2.95. The zero-order chi connectivity index (χ0) is 23.3. The SMILES string of the molecule is C[C@H](OC(=O)CN1C(=O)N[C@@]2(CCCC[C@@H]2C)C1=O)C(=O)N(CCC#N)c1ccccc1. The third kappa shape index (κ3) is 4.59. The predicted octanol–water partition coefficient (Wildman–Crippen LogP) is 2.37. The second-order valence-corrected chi connectivity index (χ2v) is 8.31. The van der Waals surface area contributed by atoms with Gasteiger partial charge in [0.2, 0.25) is 0 Å². The molecule has 32 heavy (non-hydrogen) atoms. The highest BCUT2D eigenvalue weighted by Crippen LogP contribution is 2.38. The number of nitrogens with one attached hydrogen (secondary N) is 1. The highest BCUT2D eigenvalue weighted by atomic mass is 16.5. The number of para-hydroxylation sites is 1. The number of amides is 4. The zero-order valence-electron chi connectivity index (χ0n) is 18.4. The number of ether oxygens (including phenoxy) is 1. The lowest BCUT2D eigenvalue weighted by atomic mass is 9.73. The van der Waals surface area contributed by atoms with Crippen molar-refractivity contribution in [2.45, 2.75) is 57.6 Å². The van der Waals surface area contributed by atoms with Crippen LogP contribution in [0, 0.1) is 17.2 Å². The molecule has 1 aromatic rings. The van der Waals surface area contributed by atoms with Gasteiger partial charge in [0.25, 0.3) is 11.8 Å². The van der Waals surface area contributed by atoms with Crippen molar-refractivity contribution in [3.63, 3.8) is 0 Å². The number of carbonyl (C=O) groups excluding carboxylic acids is 4. The first-order valence-electron chi connectivity index (χ1n) is 10.9. The maximum Gasteiger partial charge on any atom is 0.327 e. The van der Waals surface area contributed by atoms with E-state index in [2.05, 4.69) is 5.32 Å². The normalized spacial score (nSPS) is 23.4. The maximum absolute atomic E-state index is 13.0. The molecule has 170 valence electrons. The van der Waals surface area contributed by atoms with Gasteiger partial charge in [-0.2, -0.15) is 5.26 Å². The summed E-state index contributed by atoms with van der Waals surface area (Å²) in [5, 5.41) is 11.7. The summed E-state index contributed by atoms with van der Waals surface area (Å²) in [6.07, 6.45) is 2.17. The van der Waals surface area contributed by atoms with Gasteiger partial charge in [0.1, 0.15) is 12.1 Å². The number of rotatable bonds is 7. The van der Waals surface area contributed by atoms with Gasteiger partial charge in [-0.3, -0.25) is 19.3 Å². The Hall–Kier alpha value is -3.41. The Morgan fingerprint density at radius 3 is 2.69 bits per heavy atom. The summed E-state index contributed by atoms with van der Waals surface area (Å²) in [4.78, 5) is 53.1. The maximum atomic E-state index is 13.0. The van der Waals surface area contributed by atoms with Crippen molar-refractivity contribution in [2.24, 2.45) is 5.92 Å². The van der Waals surface area contributed by atoms with E-state index >= 15 is 0 Å². The number of nitrogens with zero attached hydrogens (tertiary/aromatic N) is 3. The van der Waals surface area contributed by atoms with Crippen molar-refractivity contribution in [3.8, 4) is 6.07 Å². The monoisotopic (exact) mass is 440 g/mol. The van der Waals surface area contributed by atoms with E-state index in [1.54, 1.807) is 30.3 Å². The quantitative estimate of drug-likeness (QED) is 0.513. The van der Waals surface area contributed by atoms with E-state index in [1.807, 2.05) is 13.0 Å². The number of esters is 1. The van der Waals surface area contributed by atoms with Gasteiger partial charge in [0.15, 0.2) is 6.10 Å². The minimum atomic E-state index is -1.15. The Balaban J connectivity index is 1.65. The van der Waals surface area contributed by atoms with E-state index in [0.717, 1.165) is 24.2 Å². The lowest BCUT2D eigenvalue weighted by molar-refractivity contribution is -0.156. The Morgan fingerprint density at radius 1 is 1.31 bits per heavy atom. The minimum Gasteiger partial charge on any atom is -0.451 e. The van der Waals surface area contributed by atoms with E-state index in [4.69, 9.17) is 10.00 Å². The average molecular weight is 441 g/mol. The summed E-state index contributed by atoms with van der Waals surface area (Å²) < 4.78 is 5.27. The lowest BCUT2D eigenvalue weighted by Crippen LogP contribution is -2.54. The molecule has 2 fully saturated rings. The predicted molar refractivity (Wildman–Crippen MR) is 115 cm³/mol. The van der Waals surface area contributed by atoms with Crippen LogP contribution < -0.4 is 10.2 Å². The molecule has 0 radical (unpaired) electrons. The van der Waals surface area contributed by atoms with Gasteiger partial charge in [-0.05, 0) is 37.8 Å². The molecule has 1 aromatic carbocycles. The fraction of sp³-hybridized carbons (Fsp3) is 0.522. The summed E-state index contributed by atoms with van der Waals surface area (Å²) in [5.41, 5.74) is -0.378. The fourth-order valence-corrected chi connectivity index (χ4v) is 4.41. The first kappa shape index (κ1) is 23.3. The van der Waals surface area contributed by atoms with Crippen LogP contribution in [-0.4, -0.2) is 53.4 Å². The summed E-state index contributed by atoms with van der Waals surface area (Å²) in [6, 6.07) is 10.2. The van der Waals surface area contributed by atoms with Gasteiger partial charge >= 0.3 is 12.0 Å². The van der Waals surface area contributed by atoms with Crippen LogP contribution in [-0.2, 0) is 19.1 Å². The molecule has 2 aliphatic rings. The second kappa shape index (κ2) is 9.81. The molecule has 1 heterocycles. The van der Waals surface area contributed by atoms with Gasteiger partial charge in [-0.1, -0.05) is 38.0 Å². The molecule has 9 heteroatoms. The number of imide groups is 1. The third-order valence-electron chi connectivity index (χ3n) is 6.23. The molecule has 1 N–H and O–H groups in total. The van der Waals surface area contributed by atoms with Crippen LogP contribution in [0.4, 0.5) is 10.5 Å². The van der Waals surface area contributed by atoms with Crippen molar-refractivity contribution >= 4 is 29.5 Å². The van der Waals surface area contributed by atoms with Crippen LogP contribution in [0.25, 0.3) is 0 Å². The smallest absolute Gasteiger partial charge is 0.327 e. The first-order valence-corrected chi connectivity index (χ1v) is 10.9. The molecule has 1 spiro atoms. The molecule has 3 atom stereocenters. The highest BCUT2D eigenvalue weighted by Gasteiger charge is 2.55. The van der Waals surface area contributed by atoms with Crippen molar-refractivity contribution in [3.05, 3.63) is 30.3 Å². The molecule has 3 rings (SSSR count). The van der Waals surface area contributed by atoms with Gasteiger partial charge in [-0.25, -0.2) is 4.79 Å². The summed E-state index contributed by atoms with van der Waals surface area (Å²) in [5.74, 6) is -1.77. The van der Waals surface area contributed by atoms with E-state index in [0.29, 0.717) is 12.1 Å². The van der Waals surface area contributed by atoms with Gasteiger partial charge in [0.05, 0.1) is 12.5 Å². The largest absolute Gasteiger partial charge is 0.451 e. The molecule has 4 amide bonds. The van der Waals surface area contributed by atoms with E-state index < -0.39 is 42.0 Å². The molecule has 0 bridgehead atoms. The molecule has 0 unspecified atom stereocenters. The van der Waals surface area contributed by atoms with E-state index in [-0.39, 0.29) is 18.9 Å². The lowest BCUT2D eigenvalue weighted by Gasteiger charge is -2.36. The van der Waals surface area contributed by atoms with Crippen molar-refractivity contribution in [1.29, 1.82) is 5.26 Å². The molecule has 1 saturated heterocycles. The number of carbonyl (C=O) groups is 4.